The van der Waals surface area contributed by atoms with E-state index < -0.39 is 15.4 Å². The molecule has 0 fully saturated rings. The van der Waals surface area contributed by atoms with Crippen LogP contribution in [0.15, 0.2) is 18.2 Å². The molecule has 0 heterocycles. The number of aryl methyl sites for hydroxylation is 1. The Kier molecular flexibility index (Phi) is 5.20. The van der Waals surface area contributed by atoms with Gasteiger partial charge in [-0.15, -0.1) is 0 Å². The van der Waals surface area contributed by atoms with E-state index in [9.17, 15) is 13.2 Å². The first-order chi connectivity index (χ1) is 9.43. The Morgan fingerprint density at radius 1 is 1.19 bits per heavy atom. The van der Waals surface area contributed by atoms with Gasteiger partial charge in [-0.2, -0.15) is 0 Å². The van der Waals surface area contributed by atoms with E-state index in [4.69, 9.17) is 0 Å². The van der Waals surface area contributed by atoms with Gasteiger partial charge in [0.1, 0.15) is 9.84 Å². The lowest BCUT2D eigenvalue weighted by Gasteiger charge is -2.36. The zero-order chi connectivity index (χ0) is 16.4. The second-order valence-corrected chi connectivity index (χ2v) is 8.76. The van der Waals surface area contributed by atoms with Gasteiger partial charge in [-0.05, 0) is 51.8 Å². The van der Waals surface area contributed by atoms with E-state index in [1.54, 1.807) is 11.0 Å². The summed E-state index contributed by atoms with van der Waals surface area (Å²) in [6.07, 6.45) is 1.19. The molecule has 0 unspecified atom stereocenters. The van der Waals surface area contributed by atoms with Gasteiger partial charge in [0, 0.05) is 23.9 Å². The standard InChI is InChI=1S/C16H25NO3S/c1-12-8-7-9-14(13(12)2)15(18)17(16(3,4)5)10-11-21(6,19)20/h7-9H,10-11H2,1-6H3. The summed E-state index contributed by atoms with van der Waals surface area (Å²) in [6.45, 7) is 9.83. The summed E-state index contributed by atoms with van der Waals surface area (Å²) in [5.74, 6) is -0.145. The largest absolute Gasteiger partial charge is 0.333 e. The number of rotatable bonds is 4. The molecule has 4 nitrogen and oxygen atoms in total. The van der Waals surface area contributed by atoms with E-state index in [1.807, 2.05) is 46.8 Å². The Balaban J connectivity index is 3.15. The first kappa shape index (κ1) is 17.7. The van der Waals surface area contributed by atoms with Crippen LogP contribution in [-0.2, 0) is 9.84 Å². The molecule has 0 aliphatic heterocycles. The molecular weight excluding hydrogens is 286 g/mol. The molecule has 0 saturated heterocycles. The highest BCUT2D eigenvalue weighted by molar-refractivity contribution is 7.90. The smallest absolute Gasteiger partial charge is 0.254 e. The first-order valence-electron chi connectivity index (χ1n) is 6.99. The summed E-state index contributed by atoms with van der Waals surface area (Å²) < 4.78 is 22.8. The average Bonchev–Trinajstić information content (AvgIpc) is 2.29. The van der Waals surface area contributed by atoms with Crippen LogP contribution in [0.25, 0.3) is 0 Å². The Labute approximate surface area is 128 Å². The van der Waals surface area contributed by atoms with Gasteiger partial charge in [0.15, 0.2) is 0 Å². The normalized spacial score (nSPS) is 12.3. The minimum Gasteiger partial charge on any atom is -0.333 e. The topological polar surface area (TPSA) is 54.5 Å². The van der Waals surface area contributed by atoms with Crippen LogP contribution in [-0.4, -0.2) is 43.3 Å². The van der Waals surface area contributed by atoms with Crippen LogP contribution in [0.4, 0.5) is 0 Å². The fourth-order valence-corrected chi connectivity index (χ4v) is 2.64. The van der Waals surface area contributed by atoms with Gasteiger partial charge >= 0.3 is 0 Å². The van der Waals surface area contributed by atoms with Gasteiger partial charge in [-0.1, -0.05) is 12.1 Å². The van der Waals surface area contributed by atoms with Gasteiger partial charge in [0.05, 0.1) is 5.75 Å². The molecule has 0 aromatic heterocycles. The number of hydrogen-bond donors (Lipinski definition) is 0. The van der Waals surface area contributed by atoms with Crippen molar-refractivity contribution in [2.75, 3.05) is 18.6 Å². The number of hydrogen-bond acceptors (Lipinski definition) is 3. The highest BCUT2D eigenvalue weighted by Crippen LogP contribution is 2.21. The molecule has 1 rings (SSSR count). The van der Waals surface area contributed by atoms with E-state index >= 15 is 0 Å². The predicted molar refractivity (Wildman–Crippen MR) is 86.4 cm³/mol. The second-order valence-electron chi connectivity index (χ2n) is 6.50. The molecule has 1 aromatic rings. The molecular formula is C16H25NO3S. The molecule has 0 saturated carbocycles. The zero-order valence-corrected chi connectivity index (χ0v) is 14.5. The molecule has 5 heteroatoms. The third-order valence-electron chi connectivity index (χ3n) is 3.58. The van der Waals surface area contributed by atoms with Crippen LogP contribution in [0.2, 0.25) is 0 Å². The van der Waals surface area contributed by atoms with Crippen LogP contribution in [0, 0.1) is 13.8 Å². The molecule has 0 aliphatic carbocycles. The van der Waals surface area contributed by atoms with Crippen LogP contribution in [0.3, 0.4) is 0 Å². The first-order valence-corrected chi connectivity index (χ1v) is 9.05. The highest BCUT2D eigenvalue weighted by Gasteiger charge is 2.28. The molecule has 0 atom stereocenters. The maximum absolute atomic E-state index is 12.8. The molecule has 1 amide bonds. The van der Waals surface area contributed by atoms with Gasteiger partial charge in [-0.25, -0.2) is 8.42 Å². The lowest BCUT2D eigenvalue weighted by molar-refractivity contribution is 0.0600. The maximum atomic E-state index is 12.8. The van der Waals surface area contributed by atoms with Crippen molar-refractivity contribution in [1.29, 1.82) is 0 Å². The van der Waals surface area contributed by atoms with Crippen molar-refractivity contribution in [2.45, 2.75) is 40.2 Å². The summed E-state index contributed by atoms with van der Waals surface area (Å²) in [4.78, 5) is 14.4. The minimum absolute atomic E-state index is 0.0269. The van der Waals surface area contributed by atoms with Crippen LogP contribution < -0.4 is 0 Å². The SMILES string of the molecule is Cc1cccc(C(=O)N(CCS(C)(=O)=O)C(C)(C)C)c1C. The quantitative estimate of drug-likeness (QED) is 0.859. The lowest BCUT2D eigenvalue weighted by atomic mass is 9.99. The minimum atomic E-state index is -3.11. The van der Waals surface area contributed by atoms with Crippen LogP contribution in [0.1, 0.15) is 42.3 Å². The van der Waals surface area contributed by atoms with E-state index in [0.717, 1.165) is 11.1 Å². The Bertz CT molecular complexity index is 627. The van der Waals surface area contributed by atoms with Crippen molar-refractivity contribution in [3.63, 3.8) is 0 Å². The number of benzene rings is 1. The number of nitrogens with zero attached hydrogens (tertiary/aromatic N) is 1. The third-order valence-corrected chi connectivity index (χ3v) is 4.50. The van der Waals surface area contributed by atoms with Crippen molar-refractivity contribution < 1.29 is 13.2 Å². The predicted octanol–water partition coefficient (Wildman–Crippen LogP) is 2.59. The third kappa shape index (κ3) is 4.84. The molecule has 0 spiro atoms. The molecule has 0 bridgehead atoms. The monoisotopic (exact) mass is 311 g/mol. The summed E-state index contributed by atoms with van der Waals surface area (Å²) >= 11 is 0. The van der Waals surface area contributed by atoms with Crippen molar-refractivity contribution in [1.82, 2.24) is 4.90 Å². The van der Waals surface area contributed by atoms with Gasteiger partial charge < -0.3 is 4.90 Å². The number of sulfone groups is 1. The molecule has 118 valence electrons. The fraction of sp³-hybridized carbons (Fsp3) is 0.562. The van der Waals surface area contributed by atoms with Crippen molar-refractivity contribution in [3.05, 3.63) is 34.9 Å². The summed E-state index contributed by atoms with van der Waals surface area (Å²) in [5, 5.41) is 0. The van der Waals surface area contributed by atoms with Gasteiger partial charge in [-0.3, -0.25) is 4.79 Å². The van der Waals surface area contributed by atoms with Gasteiger partial charge in [0.25, 0.3) is 5.91 Å². The Hall–Kier alpha value is -1.36. The van der Waals surface area contributed by atoms with E-state index in [2.05, 4.69) is 0 Å². The van der Waals surface area contributed by atoms with Crippen molar-refractivity contribution in [3.8, 4) is 0 Å². The number of amides is 1. The summed E-state index contributed by atoms with van der Waals surface area (Å²) in [7, 11) is -3.11. The van der Waals surface area contributed by atoms with Crippen molar-refractivity contribution in [2.24, 2.45) is 0 Å². The zero-order valence-electron chi connectivity index (χ0n) is 13.7. The molecule has 0 aliphatic rings. The van der Waals surface area contributed by atoms with Gasteiger partial charge in [0.2, 0.25) is 0 Å². The molecule has 0 N–H and O–H groups in total. The summed E-state index contributed by atoms with van der Waals surface area (Å²) in [6, 6.07) is 5.61. The van der Waals surface area contributed by atoms with E-state index in [0.29, 0.717) is 5.56 Å². The van der Waals surface area contributed by atoms with Crippen LogP contribution in [0.5, 0.6) is 0 Å². The van der Waals surface area contributed by atoms with E-state index in [-0.39, 0.29) is 18.2 Å². The van der Waals surface area contributed by atoms with E-state index in [1.165, 1.54) is 6.26 Å². The fourth-order valence-electron chi connectivity index (χ4n) is 2.13. The maximum Gasteiger partial charge on any atom is 0.254 e. The second kappa shape index (κ2) is 6.18. The van der Waals surface area contributed by atoms with Crippen molar-refractivity contribution >= 4 is 15.7 Å². The Morgan fingerprint density at radius 2 is 1.76 bits per heavy atom. The molecule has 1 aromatic carbocycles. The molecule has 0 radical (unpaired) electrons. The highest BCUT2D eigenvalue weighted by atomic mass is 32.2. The number of carbonyl (C=O) groups excluding carboxylic acids is 1. The molecule has 21 heavy (non-hydrogen) atoms. The number of carbonyl (C=O) groups is 1. The Morgan fingerprint density at radius 3 is 2.24 bits per heavy atom. The summed E-state index contributed by atoms with van der Waals surface area (Å²) in [5.41, 5.74) is 2.20. The average molecular weight is 311 g/mol. The van der Waals surface area contributed by atoms with Crippen LogP contribution >= 0.6 is 0 Å². The lowest BCUT2D eigenvalue weighted by Crippen LogP contribution is -2.48.